The lowest BCUT2D eigenvalue weighted by Gasteiger charge is -1.98. The van der Waals surface area contributed by atoms with E-state index >= 15 is 0 Å². The molecule has 96 valence electrons. The third kappa shape index (κ3) is 12.6. The second-order valence-electron chi connectivity index (χ2n) is 3.93. The number of rotatable bonds is 9. The van der Waals surface area contributed by atoms with Crippen LogP contribution in [0.15, 0.2) is 36.5 Å². The van der Waals surface area contributed by atoms with E-state index < -0.39 is 0 Å². The zero-order valence-corrected chi connectivity index (χ0v) is 11.1. The molecule has 0 fully saturated rings. The number of carbonyl (C=O) groups excluding carboxylic acids is 1. The summed E-state index contributed by atoms with van der Waals surface area (Å²) in [5.41, 5.74) is 0. The van der Waals surface area contributed by atoms with Crippen LogP contribution in [-0.4, -0.2) is 12.5 Å². The molecule has 0 saturated carbocycles. The molecule has 0 atom stereocenters. The first-order chi connectivity index (χ1) is 8.31. The summed E-state index contributed by atoms with van der Waals surface area (Å²) >= 11 is 0. The van der Waals surface area contributed by atoms with Crippen LogP contribution in [0.25, 0.3) is 0 Å². The average molecular weight is 235 g/mol. The number of allylic oxidation sites excluding steroid dienone is 5. The topological polar surface area (TPSA) is 29.1 Å². The molecule has 0 aromatic carbocycles. The molecule has 1 N–H and O–H groups in total. The summed E-state index contributed by atoms with van der Waals surface area (Å²) in [6.45, 7) is 4.90. The Bertz CT molecular complexity index is 264. The molecule has 17 heavy (non-hydrogen) atoms. The quantitative estimate of drug-likeness (QED) is 0.368. The first-order valence-electron chi connectivity index (χ1n) is 6.53. The van der Waals surface area contributed by atoms with Gasteiger partial charge in [0.15, 0.2) is 0 Å². The van der Waals surface area contributed by atoms with Gasteiger partial charge in [0.1, 0.15) is 0 Å². The molecule has 0 aliphatic heterocycles. The fraction of sp³-hybridized carbons (Fsp3) is 0.533. The highest BCUT2D eigenvalue weighted by atomic mass is 16.1. The largest absolute Gasteiger partial charge is 0.353 e. The van der Waals surface area contributed by atoms with Crippen molar-refractivity contribution in [2.75, 3.05) is 6.54 Å². The maximum Gasteiger partial charge on any atom is 0.243 e. The molecular formula is C15H25NO. The minimum absolute atomic E-state index is 0.0305. The van der Waals surface area contributed by atoms with Crippen molar-refractivity contribution in [3.8, 4) is 0 Å². The molecule has 0 unspecified atom stereocenters. The summed E-state index contributed by atoms with van der Waals surface area (Å²) in [5.74, 6) is 0.0305. The van der Waals surface area contributed by atoms with E-state index in [0.717, 1.165) is 38.6 Å². The Morgan fingerprint density at radius 1 is 1.12 bits per heavy atom. The molecule has 0 aromatic heterocycles. The lowest BCUT2D eigenvalue weighted by atomic mass is 10.2. The first-order valence-corrected chi connectivity index (χ1v) is 6.53. The van der Waals surface area contributed by atoms with Crippen molar-refractivity contribution in [1.29, 1.82) is 0 Å². The Labute approximate surface area is 105 Å². The van der Waals surface area contributed by atoms with E-state index in [-0.39, 0.29) is 5.91 Å². The smallest absolute Gasteiger partial charge is 0.243 e. The summed E-state index contributed by atoms with van der Waals surface area (Å²) in [7, 11) is 0. The zero-order chi connectivity index (χ0) is 12.8. The van der Waals surface area contributed by atoms with Crippen molar-refractivity contribution < 1.29 is 4.79 Å². The van der Waals surface area contributed by atoms with Crippen molar-refractivity contribution in [2.24, 2.45) is 0 Å². The van der Waals surface area contributed by atoms with Crippen molar-refractivity contribution in [1.82, 2.24) is 5.32 Å². The van der Waals surface area contributed by atoms with Crippen molar-refractivity contribution in [2.45, 2.75) is 46.0 Å². The van der Waals surface area contributed by atoms with Crippen LogP contribution in [0, 0.1) is 0 Å². The van der Waals surface area contributed by atoms with Crippen molar-refractivity contribution in [3.63, 3.8) is 0 Å². The monoisotopic (exact) mass is 235 g/mol. The second kappa shape index (κ2) is 12.8. The number of nitrogens with one attached hydrogen (secondary N) is 1. The average Bonchev–Trinajstić information content (AvgIpc) is 2.33. The van der Waals surface area contributed by atoms with E-state index in [4.69, 9.17) is 0 Å². The van der Waals surface area contributed by atoms with Gasteiger partial charge in [-0.3, -0.25) is 4.79 Å². The molecule has 0 saturated heterocycles. The fourth-order valence-corrected chi connectivity index (χ4v) is 1.28. The van der Waals surface area contributed by atoms with Gasteiger partial charge < -0.3 is 5.32 Å². The molecule has 0 heterocycles. The Balaban J connectivity index is 3.43. The van der Waals surface area contributed by atoms with Crippen molar-refractivity contribution >= 4 is 5.91 Å². The summed E-state index contributed by atoms with van der Waals surface area (Å²) < 4.78 is 0. The molecule has 1 amide bonds. The lowest BCUT2D eigenvalue weighted by molar-refractivity contribution is -0.116. The van der Waals surface area contributed by atoms with E-state index in [1.807, 2.05) is 25.2 Å². The Morgan fingerprint density at radius 2 is 1.88 bits per heavy atom. The summed E-state index contributed by atoms with van der Waals surface area (Å²) in [6, 6.07) is 0. The van der Waals surface area contributed by atoms with E-state index in [2.05, 4.69) is 24.4 Å². The molecule has 0 radical (unpaired) electrons. The lowest BCUT2D eigenvalue weighted by Crippen LogP contribution is -2.21. The van der Waals surface area contributed by atoms with Gasteiger partial charge in [0.2, 0.25) is 5.91 Å². The Hall–Kier alpha value is -1.31. The predicted molar refractivity (Wildman–Crippen MR) is 74.9 cm³/mol. The van der Waals surface area contributed by atoms with E-state index in [0.29, 0.717) is 0 Å². The number of amides is 1. The van der Waals surface area contributed by atoms with Crippen LogP contribution in [0.5, 0.6) is 0 Å². The normalized spacial score (nSPS) is 11.9. The Kier molecular flexibility index (Phi) is 11.8. The third-order valence-corrected chi connectivity index (χ3v) is 2.28. The third-order valence-electron chi connectivity index (χ3n) is 2.28. The van der Waals surface area contributed by atoms with Crippen LogP contribution in [0.3, 0.4) is 0 Å². The minimum atomic E-state index is 0.0305. The summed E-state index contributed by atoms with van der Waals surface area (Å²) in [6.07, 6.45) is 17.1. The first kappa shape index (κ1) is 15.7. The fourth-order valence-electron chi connectivity index (χ4n) is 1.28. The number of hydrogen-bond donors (Lipinski definition) is 1. The Morgan fingerprint density at radius 3 is 2.59 bits per heavy atom. The molecule has 0 aliphatic carbocycles. The highest BCUT2D eigenvalue weighted by Crippen LogP contribution is 1.98. The zero-order valence-electron chi connectivity index (χ0n) is 11.1. The maximum absolute atomic E-state index is 11.3. The number of carbonyl (C=O) groups is 1. The summed E-state index contributed by atoms with van der Waals surface area (Å²) in [5, 5.41) is 2.85. The van der Waals surface area contributed by atoms with Crippen LogP contribution in [-0.2, 0) is 4.79 Å². The molecule has 0 bridgehead atoms. The molecular weight excluding hydrogens is 210 g/mol. The second-order valence-corrected chi connectivity index (χ2v) is 3.93. The van der Waals surface area contributed by atoms with Gasteiger partial charge in [-0.25, -0.2) is 0 Å². The molecule has 0 rings (SSSR count). The molecule has 2 heteroatoms. The van der Waals surface area contributed by atoms with Gasteiger partial charge in [0.05, 0.1) is 0 Å². The van der Waals surface area contributed by atoms with Gasteiger partial charge in [-0.05, 0) is 38.7 Å². The summed E-state index contributed by atoms with van der Waals surface area (Å²) in [4.78, 5) is 11.3. The van der Waals surface area contributed by atoms with Gasteiger partial charge in [-0.15, -0.1) is 0 Å². The van der Waals surface area contributed by atoms with Crippen LogP contribution in [0.2, 0.25) is 0 Å². The van der Waals surface area contributed by atoms with E-state index in [9.17, 15) is 4.79 Å². The van der Waals surface area contributed by atoms with Gasteiger partial charge >= 0.3 is 0 Å². The predicted octanol–water partition coefficient (Wildman–Crippen LogP) is 3.76. The highest BCUT2D eigenvalue weighted by Gasteiger charge is 1.92. The highest BCUT2D eigenvalue weighted by molar-refractivity contribution is 5.87. The number of unbranched alkanes of at least 4 members (excludes halogenated alkanes) is 3. The molecule has 0 aromatic rings. The van der Waals surface area contributed by atoms with Crippen LogP contribution >= 0.6 is 0 Å². The van der Waals surface area contributed by atoms with Gasteiger partial charge in [-0.2, -0.15) is 0 Å². The molecule has 0 aliphatic rings. The minimum Gasteiger partial charge on any atom is -0.353 e. The number of hydrogen-bond acceptors (Lipinski definition) is 1. The van der Waals surface area contributed by atoms with Crippen molar-refractivity contribution in [3.05, 3.63) is 36.5 Å². The molecule has 0 spiro atoms. The van der Waals surface area contributed by atoms with Crippen LogP contribution < -0.4 is 5.32 Å². The van der Waals surface area contributed by atoms with Crippen LogP contribution in [0.4, 0.5) is 0 Å². The molecule has 2 nitrogen and oxygen atoms in total. The standard InChI is InChI=1S/C15H25NO/c1-3-5-7-8-9-10-11-12-13-15(17)16-14-6-4-2/h3,5,7-8,12-13H,4,6,9-11,14H2,1-2H3,(H,16,17). The van der Waals surface area contributed by atoms with E-state index in [1.165, 1.54) is 0 Å². The van der Waals surface area contributed by atoms with E-state index in [1.54, 1.807) is 6.08 Å². The van der Waals surface area contributed by atoms with Gasteiger partial charge in [0.25, 0.3) is 0 Å². The van der Waals surface area contributed by atoms with Gasteiger partial charge in [0, 0.05) is 6.54 Å². The SMILES string of the molecule is CC=CC=CCCCC=CC(=O)NCCCC. The maximum atomic E-state index is 11.3. The van der Waals surface area contributed by atoms with Gasteiger partial charge in [-0.1, -0.05) is 43.7 Å². The van der Waals surface area contributed by atoms with Crippen LogP contribution in [0.1, 0.15) is 46.0 Å².